The summed E-state index contributed by atoms with van der Waals surface area (Å²) in [6, 6.07) is 0. The average molecular weight is 157 g/mol. The fourth-order valence-corrected chi connectivity index (χ4v) is 0.600. The maximum absolute atomic E-state index is 5.07. The van der Waals surface area contributed by atoms with Gasteiger partial charge in [0.2, 0.25) is 0 Å². The Morgan fingerprint density at radius 2 is 1.36 bits per heavy atom. The number of unbranched alkanes of at least 4 members (excludes halogenated alkanes) is 2. The van der Waals surface area contributed by atoms with Crippen LogP contribution in [-0.4, -0.2) is 20.9 Å². The zero-order valence-corrected chi connectivity index (χ0v) is 7.64. The lowest BCUT2D eigenvalue weighted by molar-refractivity contribution is 0.216. The minimum atomic E-state index is 0.780. The van der Waals surface area contributed by atoms with Gasteiger partial charge in [0, 0.05) is 13.2 Å². The van der Waals surface area contributed by atoms with E-state index in [0.29, 0.717) is 0 Å². The second-order valence-electron chi connectivity index (χ2n) is 2.54. The molecule has 0 atom stereocenters. The molecule has 0 saturated carbocycles. The van der Waals surface area contributed by atoms with E-state index in [9.17, 15) is 0 Å². The molecule has 0 bridgehead atoms. The number of hydrogen-bond donors (Lipinski definition) is 0. The first kappa shape index (κ1) is 11.0. The Labute approximate surface area is 70.6 Å². The van der Waals surface area contributed by atoms with Gasteiger partial charge in [-0.3, -0.25) is 0 Å². The Balaban J connectivity index is 2.69. The van der Waals surface area contributed by atoms with Gasteiger partial charge in [0.1, 0.15) is 0 Å². The van der Waals surface area contributed by atoms with Gasteiger partial charge in [0.15, 0.2) is 0 Å². The molecule has 1 radical (unpaired) electrons. The molecule has 0 aliphatic heterocycles. The van der Waals surface area contributed by atoms with Crippen LogP contribution >= 0.6 is 0 Å². The van der Waals surface area contributed by atoms with Crippen LogP contribution in [0.5, 0.6) is 0 Å². The zero-order valence-electron chi connectivity index (χ0n) is 7.64. The van der Waals surface area contributed by atoms with Crippen molar-refractivity contribution in [1.82, 2.24) is 0 Å². The van der Waals surface area contributed by atoms with Crippen LogP contribution in [0, 0.1) is 0 Å². The molecule has 0 saturated heterocycles. The van der Waals surface area contributed by atoms with E-state index in [-0.39, 0.29) is 0 Å². The molecule has 0 amide bonds. The van der Waals surface area contributed by atoms with Crippen LogP contribution in [0.3, 0.4) is 0 Å². The molecule has 65 valence electrons. The van der Waals surface area contributed by atoms with E-state index in [1.807, 2.05) is 0 Å². The minimum absolute atomic E-state index is 0.780. The molecule has 0 unspecified atom stereocenters. The first-order chi connectivity index (χ1) is 5.41. The largest absolute Gasteiger partial charge is 0.487 e. The Bertz CT molecular complexity index is 61.1. The molecule has 0 aromatic heterocycles. The monoisotopic (exact) mass is 157 g/mol. The lowest BCUT2D eigenvalue weighted by atomic mass is 10.3. The topological polar surface area (TPSA) is 18.5 Å². The minimum Gasteiger partial charge on any atom is -0.413 e. The summed E-state index contributed by atoms with van der Waals surface area (Å²) < 4.78 is 10.1. The van der Waals surface area contributed by atoms with Gasteiger partial charge in [0.05, 0.1) is 0 Å². The molecular weight excluding hydrogens is 139 g/mol. The molecule has 0 N–H and O–H groups in total. The molecule has 0 aromatic rings. The summed E-state index contributed by atoms with van der Waals surface area (Å²) in [5.74, 6) is 0. The van der Waals surface area contributed by atoms with E-state index in [2.05, 4.69) is 13.8 Å². The fraction of sp³-hybridized carbons (Fsp3) is 1.00. The van der Waals surface area contributed by atoms with Gasteiger partial charge in [0.25, 0.3) is 0 Å². The van der Waals surface area contributed by atoms with Gasteiger partial charge in [-0.15, -0.1) is 0 Å². The molecule has 11 heavy (non-hydrogen) atoms. The van der Waals surface area contributed by atoms with Crippen molar-refractivity contribution < 1.29 is 9.31 Å². The molecule has 0 spiro atoms. The van der Waals surface area contributed by atoms with Gasteiger partial charge in [-0.1, -0.05) is 26.7 Å². The van der Waals surface area contributed by atoms with Gasteiger partial charge in [-0.2, -0.15) is 0 Å². The van der Waals surface area contributed by atoms with Crippen LogP contribution in [0.25, 0.3) is 0 Å². The van der Waals surface area contributed by atoms with Crippen molar-refractivity contribution in [3.05, 3.63) is 0 Å². The number of rotatable bonds is 8. The lowest BCUT2D eigenvalue weighted by Crippen LogP contribution is -2.06. The van der Waals surface area contributed by atoms with E-state index >= 15 is 0 Å². The number of hydrogen-bond acceptors (Lipinski definition) is 2. The summed E-state index contributed by atoms with van der Waals surface area (Å²) in [7, 11) is 1.46. The van der Waals surface area contributed by atoms with Crippen LogP contribution in [0.2, 0.25) is 0 Å². The van der Waals surface area contributed by atoms with E-state index in [1.54, 1.807) is 0 Å². The Morgan fingerprint density at radius 3 is 1.73 bits per heavy atom. The zero-order chi connectivity index (χ0) is 8.36. The van der Waals surface area contributed by atoms with Crippen molar-refractivity contribution in [3.8, 4) is 0 Å². The van der Waals surface area contributed by atoms with Crippen molar-refractivity contribution in [1.29, 1.82) is 0 Å². The van der Waals surface area contributed by atoms with Gasteiger partial charge < -0.3 is 9.31 Å². The quantitative estimate of drug-likeness (QED) is 0.397. The normalized spacial score (nSPS) is 10.0. The molecule has 2 nitrogen and oxygen atoms in total. The maximum atomic E-state index is 5.07. The van der Waals surface area contributed by atoms with Crippen LogP contribution < -0.4 is 0 Å². The van der Waals surface area contributed by atoms with Gasteiger partial charge in [-0.05, 0) is 12.8 Å². The highest BCUT2D eigenvalue weighted by atomic mass is 16.6. The summed E-state index contributed by atoms with van der Waals surface area (Å²) >= 11 is 0. The molecular formula is C8H18BO2. The molecule has 0 aliphatic carbocycles. The van der Waals surface area contributed by atoms with Crippen molar-refractivity contribution in [2.24, 2.45) is 0 Å². The van der Waals surface area contributed by atoms with Crippen LogP contribution in [0.1, 0.15) is 39.5 Å². The first-order valence-corrected chi connectivity index (χ1v) is 4.46. The maximum Gasteiger partial charge on any atom is 0.487 e. The summed E-state index contributed by atoms with van der Waals surface area (Å²) in [5.41, 5.74) is 0. The predicted octanol–water partition coefficient (Wildman–Crippen LogP) is 2.15. The van der Waals surface area contributed by atoms with Gasteiger partial charge in [-0.25, -0.2) is 0 Å². The molecule has 0 aliphatic rings. The van der Waals surface area contributed by atoms with Crippen LogP contribution in [0.4, 0.5) is 0 Å². The van der Waals surface area contributed by atoms with E-state index in [1.165, 1.54) is 20.5 Å². The SMILES string of the molecule is CCCCO[B]OCCCC. The van der Waals surface area contributed by atoms with E-state index < -0.39 is 0 Å². The molecule has 0 heterocycles. The van der Waals surface area contributed by atoms with Crippen molar-refractivity contribution >= 4 is 7.69 Å². The molecule has 0 fully saturated rings. The highest BCUT2D eigenvalue weighted by Gasteiger charge is 1.92. The Hall–Kier alpha value is -0.0151. The summed E-state index contributed by atoms with van der Waals surface area (Å²) in [5, 5.41) is 0. The second kappa shape index (κ2) is 9.98. The fourth-order valence-electron chi connectivity index (χ4n) is 0.600. The highest BCUT2D eigenvalue weighted by molar-refractivity contribution is 6.17. The lowest BCUT2D eigenvalue weighted by Gasteiger charge is -2.01. The van der Waals surface area contributed by atoms with Crippen molar-refractivity contribution in [2.75, 3.05) is 13.2 Å². The Morgan fingerprint density at radius 1 is 0.909 bits per heavy atom. The van der Waals surface area contributed by atoms with Gasteiger partial charge >= 0.3 is 7.69 Å². The highest BCUT2D eigenvalue weighted by Crippen LogP contribution is 1.89. The van der Waals surface area contributed by atoms with Crippen LogP contribution in [-0.2, 0) is 9.31 Å². The average Bonchev–Trinajstić information content (AvgIpc) is 2.03. The first-order valence-electron chi connectivity index (χ1n) is 4.46. The molecule has 0 aromatic carbocycles. The van der Waals surface area contributed by atoms with Crippen molar-refractivity contribution in [2.45, 2.75) is 39.5 Å². The molecule has 3 heteroatoms. The third-order valence-corrected chi connectivity index (χ3v) is 1.37. The standard InChI is InChI=1S/C8H18BO2/c1-3-5-7-10-9-11-8-6-4-2/h3-8H2,1-2H3. The smallest absolute Gasteiger partial charge is 0.413 e. The van der Waals surface area contributed by atoms with Crippen LogP contribution in [0.15, 0.2) is 0 Å². The Kier molecular flexibility index (Phi) is 9.97. The summed E-state index contributed by atoms with van der Waals surface area (Å²) in [6.07, 6.45) is 4.55. The van der Waals surface area contributed by atoms with E-state index in [0.717, 1.165) is 26.1 Å². The predicted molar refractivity (Wildman–Crippen MR) is 47.5 cm³/mol. The summed E-state index contributed by atoms with van der Waals surface area (Å²) in [4.78, 5) is 0. The second-order valence-corrected chi connectivity index (χ2v) is 2.54. The van der Waals surface area contributed by atoms with E-state index in [4.69, 9.17) is 9.31 Å². The molecule has 0 rings (SSSR count). The third-order valence-electron chi connectivity index (χ3n) is 1.37. The van der Waals surface area contributed by atoms with Crippen molar-refractivity contribution in [3.63, 3.8) is 0 Å². The summed E-state index contributed by atoms with van der Waals surface area (Å²) in [6.45, 7) is 5.84. The third kappa shape index (κ3) is 9.98.